The summed E-state index contributed by atoms with van der Waals surface area (Å²) in [6.45, 7) is 0. The van der Waals surface area contributed by atoms with Crippen molar-refractivity contribution in [2.75, 3.05) is 0 Å². The summed E-state index contributed by atoms with van der Waals surface area (Å²) in [6, 6.07) is 24.8. The van der Waals surface area contributed by atoms with Gasteiger partial charge in [0.2, 0.25) is 0 Å². The molecule has 0 aliphatic carbocycles. The summed E-state index contributed by atoms with van der Waals surface area (Å²) in [5.41, 5.74) is 3.83. The van der Waals surface area contributed by atoms with Gasteiger partial charge in [-0.3, -0.25) is 9.36 Å². The van der Waals surface area contributed by atoms with E-state index in [9.17, 15) is 4.79 Å². The van der Waals surface area contributed by atoms with Crippen LogP contribution in [0, 0.1) is 0 Å². The van der Waals surface area contributed by atoms with E-state index in [0.29, 0.717) is 16.1 Å². The van der Waals surface area contributed by atoms with Crippen molar-refractivity contribution in [3.63, 3.8) is 0 Å². The second-order valence-electron chi connectivity index (χ2n) is 5.89. The summed E-state index contributed by atoms with van der Waals surface area (Å²) in [5, 5.41) is 0.570. The van der Waals surface area contributed by atoms with Gasteiger partial charge >= 0.3 is 0 Å². The third kappa shape index (κ3) is 3.17. The molecule has 0 saturated carbocycles. The van der Waals surface area contributed by atoms with Gasteiger partial charge in [0.1, 0.15) is 6.33 Å². The molecule has 0 bridgehead atoms. The second kappa shape index (κ2) is 6.98. The molecule has 3 nitrogen and oxygen atoms in total. The van der Waals surface area contributed by atoms with Crippen LogP contribution in [-0.4, -0.2) is 15.5 Å². The molecule has 0 aliphatic heterocycles. The number of hydrogen-bond donors (Lipinski definition) is 0. The fraction of sp³-hybridized carbons (Fsp3) is 0. The second-order valence-corrected chi connectivity index (χ2v) is 6.32. The van der Waals surface area contributed by atoms with Crippen molar-refractivity contribution < 1.29 is 4.79 Å². The van der Waals surface area contributed by atoms with Gasteiger partial charge in [-0.2, -0.15) is 0 Å². The summed E-state index contributed by atoms with van der Waals surface area (Å²) >= 11 is 6.11. The lowest BCUT2D eigenvalue weighted by Crippen LogP contribution is -2.11. The molecular weight excluding hydrogens is 344 g/mol. The molecule has 0 N–H and O–H groups in total. The topological polar surface area (TPSA) is 34.9 Å². The SMILES string of the molecule is O=C(/C(=C/c1ccccc1)c1ccccc1)n1cnc2ccc(Cl)cc21. The minimum atomic E-state index is -0.148. The highest BCUT2D eigenvalue weighted by Crippen LogP contribution is 2.24. The van der Waals surface area contributed by atoms with Crippen LogP contribution in [0.1, 0.15) is 15.9 Å². The highest BCUT2D eigenvalue weighted by Gasteiger charge is 2.17. The Morgan fingerprint density at radius 1 is 0.923 bits per heavy atom. The molecule has 4 rings (SSSR count). The van der Waals surface area contributed by atoms with E-state index < -0.39 is 0 Å². The van der Waals surface area contributed by atoms with Gasteiger partial charge in [0.15, 0.2) is 0 Å². The molecule has 0 saturated heterocycles. The lowest BCUT2D eigenvalue weighted by molar-refractivity contribution is 0.0985. The predicted octanol–water partition coefficient (Wildman–Crippen LogP) is 5.57. The number of carbonyl (C=O) groups excluding carboxylic acids is 1. The Kier molecular flexibility index (Phi) is 4.38. The molecule has 0 spiro atoms. The first kappa shape index (κ1) is 16.3. The summed E-state index contributed by atoms with van der Waals surface area (Å²) in [4.78, 5) is 17.7. The smallest absolute Gasteiger partial charge is 0.264 e. The van der Waals surface area contributed by atoms with Gasteiger partial charge in [-0.1, -0.05) is 72.3 Å². The number of rotatable bonds is 3. The zero-order valence-electron chi connectivity index (χ0n) is 13.8. The van der Waals surface area contributed by atoms with Crippen LogP contribution in [0.4, 0.5) is 0 Å². The predicted molar refractivity (Wildman–Crippen MR) is 106 cm³/mol. The Bertz CT molecular complexity index is 1100. The van der Waals surface area contributed by atoms with E-state index in [0.717, 1.165) is 16.6 Å². The summed E-state index contributed by atoms with van der Waals surface area (Å²) in [7, 11) is 0. The van der Waals surface area contributed by atoms with Gasteiger partial charge in [0.25, 0.3) is 5.91 Å². The average molecular weight is 359 g/mol. The van der Waals surface area contributed by atoms with E-state index in [1.54, 1.807) is 23.0 Å². The van der Waals surface area contributed by atoms with E-state index >= 15 is 0 Å². The lowest BCUT2D eigenvalue weighted by Gasteiger charge is -2.09. The first-order valence-electron chi connectivity index (χ1n) is 8.22. The van der Waals surface area contributed by atoms with Crippen molar-refractivity contribution in [1.29, 1.82) is 0 Å². The van der Waals surface area contributed by atoms with Crippen LogP contribution in [-0.2, 0) is 0 Å². The van der Waals surface area contributed by atoms with Gasteiger partial charge in [-0.25, -0.2) is 4.98 Å². The number of nitrogens with zero attached hydrogens (tertiary/aromatic N) is 2. The molecular formula is C22H15ClN2O. The van der Waals surface area contributed by atoms with Crippen molar-refractivity contribution in [2.45, 2.75) is 0 Å². The number of fused-ring (bicyclic) bond motifs is 1. The quantitative estimate of drug-likeness (QED) is 0.354. The number of halogens is 1. The number of imidazole rings is 1. The molecule has 3 aromatic carbocycles. The Hall–Kier alpha value is -3.17. The molecule has 4 heteroatoms. The van der Waals surface area contributed by atoms with Crippen LogP contribution >= 0.6 is 11.6 Å². The molecule has 0 unspecified atom stereocenters. The standard InChI is InChI=1S/C22H15ClN2O/c23-18-11-12-20-21(14-18)25(15-24-20)22(26)19(17-9-5-2-6-10-17)13-16-7-3-1-4-8-16/h1-15H/b19-13+. The van der Waals surface area contributed by atoms with Crippen molar-refractivity contribution in [2.24, 2.45) is 0 Å². The molecule has 0 amide bonds. The van der Waals surface area contributed by atoms with Crippen molar-refractivity contribution in [3.8, 4) is 0 Å². The highest BCUT2D eigenvalue weighted by atomic mass is 35.5. The molecule has 126 valence electrons. The molecule has 0 fully saturated rings. The minimum absolute atomic E-state index is 0.148. The van der Waals surface area contributed by atoms with Gasteiger partial charge in [0, 0.05) is 10.6 Å². The Morgan fingerprint density at radius 3 is 2.35 bits per heavy atom. The number of hydrogen-bond acceptors (Lipinski definition) is 2. The summed E-state index contributed by atoms with van der Waals surface area (Å²) < 4.78 is 1.54. The van der Waals surface area contributed by atoms with Gasteiger partial charge in [0.05, 0.1) is 11.0 Å². The Balaban J connectivity index is 1.87. The Morgan fingerprint density at radius 2 is 1.62 bits per heavy atom. The molecule has 1 aromatic heterocycles. The number of carbonyl (C=O) groups is 1. The summed E-state index contributed by atoms with van der Waals surface area (Å²) in [5.74, 6) is -0.148. The van der Waals surface area contributed by atoms with E-state index in [1.807, 2.05) is 72.8 Å². The van der Waals surface area contributed by atoms with Gasteiger partial charge < -0.3 is 0 Å². The van der Waals surface area contributed by atoms with Gasteiger partial charge in [-0.05, 0) is 35.4 Å². The molecule has 0 aliphatic rings. The average Bonchev–Trinajstić information content (AvgIpc) is 3.10. The normalized spacial score (nSPS) is 11.7. The largest absolute Gasteiger partial charge is 0.268 e. The third-order valence-electron chi connectivity index (χ3n) is 4.15. The van der Waals surface area contributed by atoms with Crippen LogP contribution in [0.15, 0.2) is 85.2 Å². The number of aromatic nitrogens is 2. The van der Waals surface area contributed by atoms with Crippen molar-refractivity contribution >= 4 is 40.2 Å². The maximum Gasteiger partial charge on any atom is 0.264 e. The maximum absolute atomic E-state index is 13.3. The van der Waals surface area contributed by atoms with E-state index in [2.05, 4.69) is 4.98 Å². The maximum atomic E-state index is 13.3. The minimum Gasteiger partial charge on any atom is -0.268 e. The molecule has 26 heavy (non-hydrogen) atoms. The van der Waals surface area contributed by atoms with E-state index in [-0.39, 0.29) is 5.91 Å². The molecule has 4 aromatic rings. The molecule has 0 radical (unpaired) electrons. The fourth-order valence-corrected chi connectivity index (χ4v) is 3.04. The van der Waals surface area contributed by atoms with E-state index in [4.69, 9.17) is 11.6 Å². The van der Waals surface area contributed by atoms with Crippen molar-refractivity contribution in [3.05, 3.63) is 101 Å². The zero-order chi connectivity index (χ0) is 17.9. The number of allylic oxidation sites excluding steroid dienone is 1. The van der Waals surface area contributed by atoms with Crippen LogP contribution in [0.3, 0.4) is 0 Å². The van der Waals surface area contributed by atoms with Crippen molar-refractivity contribution in [1.82, 2.24) is 9.55 Å². The van der Waals surface area contributed by atoms with Crippen LogP contribution in [0.25, 0.3) is 22.7 Å². The van der Waals surface area contributed by atoms with Gasteiger partial charge in [-0.15, -0.1) is 0 Å². The van der Waals surface area contributed by atoms with Crippen LogP contribution in [0.5, 0.6) is 0 Å². The third-order valence-corrected chi connectivity index (χ3v) is 4.39. The summed E-state index contributed by atoms with van der Waals surface area (Å²) in [6.07, 6.45) is 3.44. The number of benzene rings is 3. The van der Waals surface area contributed by atoms with E-state index in [1.165, 1.54) is 0 Å². The fourth-order valence-electron chi connectivity index (χ4n) is 2.87. The van der Waals surface area contributed by atoms with Crippen LogP contribution in [0.2, 0.25) is 5.02 Å². The molecule has 0 atom stereocenters. The Labute approximate surface area is 156 Å². The monoisotopic (exact) mass is 358 g/mol. The first-order chi connectivity index (χ1) is 12.7. The zero-order valence-corrected chi connectivity index (χ0v) is 14.6. The highest BCUT2D eigenvalue weighted by molar-refractivity contribution is 6.31. The first-order valence-corrected chi connectivity index (χ1v) is 8.60. The lowest BCUT2D eigenvalue weighted by atomic mass is 10.0. The molecule has 1 heterocycles. The van der Waals surface area contributed by atoms with Crippen LogP contribution < -0.4 is 0 Å².